The number of carbonyl (C=O) groups is 1. The van der Waals surface area contributed by atoms with E-state index in [4.69, 9.17) is 0 Å². The van der Waals surface area contributed by atoms with E-state index in [0.717, 1.165) is 11.3 Å². The van der Waals surface area contributed by atoms with Crippen LogP contribution < -0.4 is 4.90 Å². The van der Waals surface area contributed by atoms with E-state index in [1.165, 1.54) is 6.07 Å². The first kappa shape index (κ1) is 15.4. The summed E-state index contributed by atoms with van der Waals surface area (Å²) in [7, 11) is 0. The van der Waals surface area contributed by atoms with Crippen LogP contribution in [-0.2, 0) is 4.79 Å². The van der Waals surface area contributed by atoms with Gasteiger partial charge in [0.05, 0.1) is 11.4 Å². The number of halogens is 1. The first-order valence-corrected chi connectivity index (χ1v) is 7.73. The van der Waals surface area contributed by atoms with Crippen LogP contribution in [0.5, 0.6) is 0 Å². The zero-order valence-electron chi connectivity index (χ0n) is 13.5. The smallest absolute Gasteiger partial charge is 0.277 e. The number of hydrogen-bond acceptors (Lipinski definition) is 2. The summed E-state index contributed by atoms with van der Waals surface area (Å²) in [6.45, 7) is 6.48. The molecule has 0 saturated carbocycles. The molecule has 0 radical (unpaired) electrons. The molecule has 0 fully saturated rings. The molecular formula is C19H19FN2O. The molecule has 0 N–H and O–H groups in total. The molecule has 1 aliphatic rings. The van der Waals surface area contributed by atoms with Gasteiger partial charge in [-0.3, -0.25) is 4.79 Å². The van der Waals surface area contributed by atoms with Gasteiger partial charge in [-0.15, -0.1) is 0 Å². The summed E-state index contributed by atoms with van der Waals surface area (Å²) < 4.78 is 13.7. The highest BCUT2D eigenvalue weighted by molar-refractivity contribution is 6.54. The van der Waals surface area contributed by atoms with Gasteiger partial charge in [0.1, 0.15) is 11.5 Å². The van der Waals surface area contributed by atoms with E-state index in [0.29, 0.717) is 29.4 Å². The third-order valence-electron chi connectivity index (χ3n) is 3.84. The van der Waals surface area contributed by atoms with Crippen LogP contribution in [0.25, 0.3) is 0 Å². The predicted octanol–water partition coefficient (Wildman–Crippen LogP) is 4.26. The van der Waals surface area contributed by atoms with E-state index in [2.05, 4.69) is 18.8 Å². The van der Waals surface area contributed by atoms with Crippen LogP contribution in [0.1, 0.15) is 25.0 Å². The predicted molar refractivity (Wildman–Crippen MR) is 91.0 cm³/mol. The van der Waals surface area contributed by atoms with E-state index in [1.807, 2.05) is 24.3 Å². The lowest BCUT2D eigenvalue weighted by molar-refractivity contribution is -0.112. The summed E-state index contributed by atoms with van der Waals surface area (Å²) in [5, 5.41) is 0. The normalized spacial score (nSPS) is 15.6. The molecule has 0 aliphatic carbocycles. The fourth-order valence-corrected chi connectivity index (χ4v) is 2.70. The lowest BCUT2D eigenvalue weighted by Crippen LogP contribution is -2.33. The minimum atomic E-state index is -0.315. The summed E-state index contributed by atoms with van der Waals surface area (Å²) in [5.41, 5.74) is 3.08. The number of anilines is 1. The van der Waals surface area contributed by atoms with Crippen LogP contribution in [0.15, 0.2) is 47.5 Å². The fourth-order valence-electron chi connectivity index (χ4n) is 2.70. The summed E-state index contributed by atoms with van der Waals surface area (Å²) in [5.74, 6) is -0.0892. The Kier molecular flexibility index (Phi) is 3.99. The van der Waals surface area contributed by atoms with E-state index in [1.54, 1.807) is 24.0 Å². The number of fused-ring (bicyclic) bond motifs is 1. The average Bonchev–Trinajstić information content (AvgIpc) is 2.76. The highest BCUT2D eigenvalue weighted by Crippen LogP contribution is 2.31. The number of nitrogens with zero attached hydrogens (tertiary/aromatic N) is 2. The first-order chi connectivity index (χ1) is 11.0. The van der Waals surface area contributed by atoms with Crippen molar-refractivity contribution in [2.45, 2.75) is 20.8 Å². The molecular weight excluding hydrogens is 291 g/mol. The molecule has 0 saturated heterocycles. The third kappa shape index (κ3) is 2.89. The molecule has 1 heterocycles. The zero-order chi connectivity index (χ0) is 16.6. The monoisotopic (exact) mass is 310 g/mol. The standard InChI is InChI=1S/C19H19FN2O/c1-12(2)11-22-17-7-5-4-6-15(17)18(19(22)23)21-14-9-8-13(3)16(20)10-14/h4-10,12H,11H2,1-3H3. The van der Waals surface area contributed by atoms with Crippen molar-refractivity contribution in [1.29, 1.82) is 0 Å². The Morgan fingerprint density at radius 1 is 1.17 bits per heavy atom. The molecule has 118 valence electrons. The second kappa shape index (κ2) is 5.95. The van der Waals surface area contributed by atoms with Crippen molar-refractivity contribution >= 4 is 23.0 Å². The van der Waals surface area contributed by atoms with Gasteiger partial charge in [-0.1, -0.05) is 38.1 Å². The van der Waals surface area contributed by atoms with Gasteiger partial charge in [-0.05, 0) is 36.6 Å². The maximum atomic E-state index is 13.7. The second-order valence-corrected chi connectivity index (χ2v) is 6.22. The van der Waals surface area contributed by atoms with Gasteiger partial charge in [0, 0.05) is 12.1 Å². The van der Waals surface area contributed by atoms with Crippen molar-refractivity contribution in [2.24, 2.45) is 10.9 Å². The number of carbonyl (C=O) groups excluding carboxylic acids is 1. The van der Waals surface area contributed by atoms with Crippen molar-refractivity contribution in [3.05, 3.63) is 59.4 Å². The summed E-state index contributed by atoms with van der Waals surface area (Å²) in [6.07, 6.45) is 0. The molecule has 0 atom stereocenters. The Labute approximate surface area is 135 Å². The van der Waals surface area contributed by atoms with Gasteiger partial charge < -0.3 is 4.90 Å². The maximum Gasteiger partial charge on any atom is 0.277 e. The number of benzene rings is 2. The Hall–Kier alpha value is -2.49. The number of amides is 1. The molecule has 0 aromatic heterocycles. The minimum absolute atomic E-state index is 0.124. The SMILES string of the molecule is Cc1ccc(N=C2C(=O)N(CC(C)C)c3ccccc32)cc1F. The molecule has 4 heteroatoms. The van der Waals surface area contributed by atoms with Gasteiger partial charge in [0.2, 0.25) is 0 Å². The van der Waals surface area contributed by atoms with E-state index in [-0.39, 0.29) is 11.7 Å². The van der Waals surface area contributed by atoms with Crippen molar-refractivity contribution in [3.63, 3.8) is 0 Å². The number of hydrogen-bond donors (Lipinski definition) is 0. The zero-order valence-corrected chi connectivity index (χ0v) is 13.5. The number of rotatable bonds is 3. The Morgan fingerprint density at radius 3 is 2.61 bits per heavy atom. The first-order valence-electron chi connectivity index (χ1n) is 7.73. The van der Waals surface area contributed by atoms with Crippen LogP contribution in [0.4, 0.5) is 15.8 Å². The average molecular weight is 310 g/mol. The number of aliphatic imine (C=N–C) groups is 1. The van der Waals surface area contributed by atoms with Gasteiger partial charge >= 0.3 is 0 Å². The molecule has 2 aromatic carbocycles. The van der Waals surface area contributed by atoms with Crippen LogP contribution in [-0.4, -0.2) is 18.2 Å². The van der Waals surface area contributed by atoms with Crippen LogP contribution in [0.2, 0.25) is 0 Å². The number of aryl methyl sites for hydroxylation is 1. The number of para-hydroxylation sites is 1. The van der Waals surface area contributed by atoms with Gasteiger partial charge in [-0.25, -0.2) is 9.38 Å². The van der Waals surface area contributed by atoms with Crippen LogP contribution >= 0.6 is 0 Å². The van der Waals surface area contributed by atoms with Gasteiger partial charge in [0.25, 0.3) is 5.91 Å². The van der Waals surface area contributed by atoms with Crippen molar-refractivity contribution < 1.29 is 9.18 Å². The molecule has 0 spiro atoms. The molecule has 1 aliphatic heterocycles. The molecule has 2 aromatic rings. The lowest BCUT2D eigenvalue weighted by atomic mass is 10.1. The molecule has 3 rings (SSSR count). The lowest BCUT2D eigenvalue weighted by Gasteiger charge is -2.18. The van der Waals surface area contributed by atoms with Crippen LogP contribution in [0, 0.1) is 18.7 Å². The van der Waals surface area contributed by atoms with Crippen molar-refractivity contribution in [1.82, 2.24) is 0 Å². The van der Waals surface area contributed by atoms with Gasteiger partial charge in [-0.2, -0.15) is 0 Å². The van der Waals surface area contributed by atoms with E-state index < -0.39 is 0 Å². The second-order valence-electron chi connectivity index (χ2n) is 6.22. The Morgan fingerprint density at radius 2 is 1.91 bits per heavy atom. The summed E-state index contributed by atoms with van der Waals surface area (Å²) in [4.78, 5) is 18.9. The van der Waals surface area contributed by atoms with Gasteiger partial charge in [0.15, 0.2) is 0 Å². The topological polar surface area (TPSA) is 32.7 Å². The Balaban J connectivity index is 2.07. The quantitative estimate of drug-likeness (QED) is 0.834. The summed E-state index contributed by atoms with van der Waals surface area (Å²) >= 11 is 0. The molecule has 1 amide bonds. The third-order valence-corrected chi connectivity index (χ3v) is 3.84. The van der Waals surface area contributed by atoms with Crippen LogP contribution in [0.3, 0.4) is 0 Å². The van der Waals surface area contributed by atoms with E-state index >= 15 is 0 Å². The van der Waals surface area contributed by atoms with Crippen molar-refractivity contribution in [2.75, 3.05) is 11.4 Å². The summed E-state index contributed by atoms with van der Waals surface area (Å²) in [6, 6.07) is 12.4. The largest absolute Gasteiger partial charge is 0.306 e. The highest BCUT2D eigenvalue weighted by atomic mass is 19.1. The maximum absolute atomic E-state index is 13.7. The molecule has 23 heavy (non-hydrogen) atoms. The fraction of sp³-hybridized carbons (Fsp3) is 0.263. The Bertz CT molecular complexity index is 796. The van der Waals surface area contributed by atoms with Crippen molar-refractivity contribution in [3.8, 4) is 0 Å². The molecule has 3 nitrogen and oxygen atoms in total. The molecule has 0 unspecified atom stereocenters. The minimum Gasteiger partial charge on any atom is -0.306 e. The molecule has 0 bridgehead atoms. The highest BCUT2D eigenvalue weighted by Gasteiger charge is 2.33. The van der Waals surface area contributed by atoms with E-state index in [9.17, 15) is 9.18 Å².